The van der Waals surface area contributed by atoms with Crippen LogP contribution in [-0.4, -0.2) is 26.4 Å². The molecule has 128 valence electrons. The summed E-state index contributed by atoms with van der Waals surface area (Å²) in [6.07, 6.45) is 0.722. The molecule has 0 saturated carbocycles. The second-order valence-electron chi connectivity index (χ2n) is 5.46. The molecule has 3 aromatic rings. The first kappa shape index (κ1) is 17.9. The number of rotatable bonds is 6. The Labute approximate surface area is 164 Å². The van der Waals surface area contributed by atoms with Crippen LogP contribution in [0.3, 0.4) is 0 Å². The fourth-order valence-corrected chi connectivity index (χ4v) is 3.35. The van der Waals surface area contributed by atoms with Crippen molar-refractivity contribution in [3.63, 3.8) is 0 Å². The van der Waals surface area contributed by atoms with Gasteiger partial charge in [-0.25, -0.2) is 0 Å². The summed E-state index contributed by atoms with van der Waals surface area (Å²) in [7, 11) is 1.93. The molecule has 1 heterocycles. The SMILES string of the molecule is Cn1c(Cc2ccccc2)nnc1SCC(=O)Nc1ccc(I)cc1. The number of nitrogens with one attached hydrogen (secondary N) is 1. The highest BCUT2D eigenvalue weighted by atomic mass is 127. The lowest BCUT2D eigenvalue weighted by atomic mass is 10.1. The van der Waals surface area contributed by atoms with Gasteiger partial charge >= 0.3 is 0 Å². The van der Waals surface area contributed by atoms with Crippen molar-refractivity contribution in [2.45, 2.75) is 11.6 Å². The third kappa shape index (κ3) is 5.05. The zero-order valence-corrected chi connectivity index (χ0v) is 16.6. The number of nitrogens with zero attached hydrogens (tertiary/aromatic N) is 3. The topological polar surface area (TPSA) is 59.8 Å². The van der Waals surface area contributed by atoms with Crippen LogP contribution in [0.5, 0.6) is 0 Å². The molecule has 5 nitrogen and oxygen atoms in total. The van der Waals surface area contributed by atoms with E-state index in [1.54, 1.807) is 0 Å². The number of benzene rings is 2. The lowest BCUT2D eigenvalue weighted by Crippen LogP contribution is -2.14. The Kier molecular flexibility index (Phi) is 6.09. The monoisotopic (exact) mass is 464 g/mol. The van der Waals surface area contributed by atoms with Crippen molar-refractivity contribution in [2.24, 2.45) is 7.05 Å². The molecule has 0 unspecified atom stereocenters. The van der Waals surface area contributed by atoms with Crippen molar-refractivity contribution >= 4 is 45.9 Å². The number of amides is 1. The molecule has 2 aromatic carbocycles. The molecule has 7 heteroatoms. The van der Waals surface area contributed by atoms with Crippen LogP contribution < -0.4 is 5.32 Å². The van der Waals surface area contributed by atoms with Crippen LogP contribution in [-0.2, 0) is 18.3 Å². The van der Waals surface area contributed by atoms with Gasteiger partial charge in [0.05, 0.1) is 5.75 Å². The largest absolute Gasteiger partial charge is 0.325 e. The van der Waals surface area contributed by atoms with Crippen molar-refractivity contribution < 1.29 is 4.79 Å². The number of anilines is 1. The summed E-state index contributed by atoms with van der Waals surface area (Å²) in [4.78, 5) is 12.1. The van der Waals surface area contributed by atoms with Gasteiger partial charge in [-0.2, -0.15) is 0 Å². The highest BCUT2D eigenvalue weighted by Crippen LogP contribution is 2.18. The van der Waals surface area contributed by atoms with Crippen molar-refractivity contribution in [3.05, 3.63) is 69.6 Å². The van der Waals surface area contributed by atoms with Gasteiger partial charge in [-0.1, -0.05) is 42.1 Å². The van der Waals surface area contributed by atoms with Crippen LogP contribution in [0.1, 0.15) is 11.4 Å². The maximum atomic E-state index is 12.1. The lowest BCUT2D eigenvalue weighted by molar-refractivity contribution is -0.113. The van der Waals surface area contributed by atoms with E-state index in [0.29, 0.717) is 5.75 Å². The molecule has 0 saturated heterocycles. The number of hydrogen-bond acceptors (Lipinski definition) is 4. The molecule has 0 aliphatic rings. The normalized spacial score (nSPS) is 10.6. The maximum Gasteiger partial charge on any atom is 0.234 e. The van der Waals surface area contributed by atoms with Crippen LogP contribution in [0.15, 0.2) is 59.8 Å². The highest BCUT2D eigenvalue weighted by Gasteiger charge is 2.12. The first-order chi connectivity index (χ1) is 12.1. The van der Waals surface area contributed by atoms with E-state index in [9.17, 15) is 4.79 Å². The van der Waals surface area contributed by atoms with Crippen LogP contribution in [0.2, 0.25) is 0 Å². The summed E-state index contributed by atoms with van der Waals surface area (Å²) in [5.41, 5.74) is 1.99. The van der Waals surface area contributed by atoms with E-state index in [-0.39, 0.29) is 5.91 Å². The molecular weight excluding hydrogens is 447 g/mol. The first-order valence-corrected chi connectivity index (χ1v) is 9.78. The molecule has 1 amide bonds. The summed E-state index contributed by atoms with van der Waals surface area (Å²) < 4.78 is 3.07. The Morgan fingerprint density at radius 3 is 2.56 bits per heavy atom. The molecule has 0 radical (unpaired) electrons. The molecular formula is C18H17IN4OS. The van der Waals surface area contributed by atoms with E-state index in [2.05, 4.69) is 50.2 Å². The van der Waals surface area contributed by atoms with E-state index in [4.69, 9.17) is 0 Å². The lowest BCUT2D eigenvalue weighted by Gasteiger charge is -2.06. The third-order valence-electron chi connectivity index (χ3n) is 3.59. The number of carbonyl (C=O) groups excluding carboxylic acids is 1. The molecule has 0 bridgehead atoms. The van der Waals surface area contributed by atoms with Crippen molar-refractivity contribution in [1.82, 2.24) is 14.8 Å². The summed E-state index contributed by atoms with van der Waals surface area (Å²) in [5.74, 6) is 1.12. The van der Waals surface area contributed by atoms with Gasteiger partial charge in [-0.15, -0.1) is 10.2 Å². The predicted molar refractivity (Wildman–Crippen MR) is 109 cm³/mol. The Balaban J connectivity index is 1.56. The summed E-state index contributed by atoms with van der Waals surface area (Å²) in [5, 5.41) is 12.1. The second-order valence-corrected chi connectivity index (χ2v) is 7.65. The number of halogens is 1. The minimum atomic E-state index is -0.0567. The molecule has 3 rings (SSSR count). The van der Waals surface area contributed by atoms with Crippen LogP contribution in [0.25, 0.3) is 0 Å². The molecule has 0 aliphatic carbocycles. The van der Waals surface area contributed by atoms with Crippen LogP contribution >= 0.6 is 34.4 Å². The fourth-order valence-electron chi connectivity index (χ4n) is 2.26. The van der Waals surface area contributed by atoms with E-state index in [1.807, 2.05) is 54.1 Å². The summed E-state index contributed by atoms with van der Waals surface area (Å²) in [6.45, 7) is 0. The summed E-state index contributed by atoms with van der Waals surface area (Å²) >= 11 is 3.62. The number of hydrogen-bond donors (Lipinski definition) is 1. The Hall–Kier alpha value is -1.87. The molecule has 1 N–H and O–H groups in total. The third-order valence-corrected chi connectivity index (χ3v) is 5.33. The Morgan fingerprint density at radius 1 is 1.12 bits per heavy atom. The molecule has 0 atom stereocenters. The predicted octanol–water partition coefficient (Wildman–Crippen LogP) is 3.74. The number of thioether (sulfide) groups is 1. The highest BCUT2D eigenvalue weighted by molar-refractivity contribution is 14.1. The Morgan fingerprint density at radius 2 is 1.84 bits per heavy atom. The number of aromatic nitrogens is 3. The van der Waals surface area contributed by atoms with Crippen molar-refractivity contribution in [2.75, 3.05) is 11.1 Å². The molecule has 0 spiro atoms. The van der Waals surface area contributed by atoms with E-state index in [1.165, 1.54) is 17.3 Å². The maximum absolute atomic E-state index is 12.1. The van der Waals surface area contributed by atoms with Gasteiger partial charge in [0.1, 0.15) is 5.82 Å². The smallest absolute Gasteiger partial charge is 0.234 e. The summed E-state index contributed by atoms with van der Waals surface area (Å²) in [6, 6.07) is 17.9. The van der Waals surface area contributed by atoms with Gasteiger partial charge in [-0.3, -0.25) is 4.79 Å². The fraction of sp³-hybridized carbons (Fsp3) is 0.167. The van der Waals surface area contributed by atoms with Gasteiger partial charge in [0, 0.05) is 22.7 Å². The zero-order chi connectivity index (χ0) is 17.6. The molecule has 25 heavy (non-hydrogen) atoms. The molecule has 0 aliphatic heterocycles. The van der Waals surface area contributed by atoms with E-state index in [0.717, 1.165) is 26.7 Å². The van der Waals surface area contributed by atoms with Crippen LogP contribution in [0.4, 0.5) is 5.69 Å². The minimum Gasteiger partial charge on any atom is -0.325 e. The molecule has 1 aromatic heterocycles. The second kappa shape index (κ2) is 8.48. The number of carbonyl (C=O) groups is 1. The first-order valence-electron chi connectivity index (χ1n) is 7.72. The average Bonchev–Trinajstić information content (AvgIpc) is 2.96. The zero-order valence-electron chi connectivity index (χ0n) is 13.6. The standard InChI is InChI=1S/C18H17IN4OS/c1-23-16(11-13-5-3-2-4-6-13)21-22-18(23)25-12-17(24)20-15-9-7-14(19)8-10-15/h2-10H,11-12H2,1H3,(H,20,24). The van der Waals surface area contributed by atoms with Crippen molar-refractivity contribution in [1.29, 1.82) is 0 Å². The van der Waals surface area contributed by atoms with E-state index < -0.39 is 0 Å². The quantitative estimate of drug-likeness (QED) is 0.446. The Bertz CT molecular complexity index is 849. The van der Waals surface area contributed by atoms with Gasteiger partial charge in [0.15, 0.2) is 5.16 Å². The minimum absolute atomic E-state index is 0.0567. The van der Waals surface area contributed by atoms with Gasteiger partial charge in [0.2, 0.25) is 5.91 Å². The van der Waals surface area contributed by atoms with Gasteiger partial charge < -0.3 is 9.88 Å². The van der Waals surface area contributed by atoms with Crippen molar-refractivity contribution in [3.8, 4) is 0 Å². The van der Waals surface area contributed by atoms with Crippen LogP contribution in [0, 0.1) is 3.57 Å². The average molecular weight is 464 g/mol. The van der Waals surface area contributed by atoms with Gasteiger partial charge in [0.25, 0.3) is 0 Å². The molecule has 0 fully saturated rings. The van der Waals surface area contributed by atoms with Gasteiger partial charge in [-0.05, 0) is 52.4 Å². The van der Waals surface area contributed by atoms with E-state index >= 15 is 0 Å².